The van der Waals surface area contributed by atoms with Gasteiger partial charge < -0.3 is 16.2 Å². The van der Waals surface area contributed by atoms with Crippen molar-refractivity contribution in [1.82, 2.24) is 9.97 Å². The number of anilines is 2. The summed E-state index contributed by atoms with van der Waals surface area (Å²) in [4.78, 5) is 8.37. The molecule has 0 spiro atoms. The van der Waals surface area contributed by atoms with E-state index in [2.05, 4.69) is 23.8 Å². The molecule has 0 aliphatic carbocycles. The van der Waals surface area contributed by atoms with Gasteiger partial charge in [-0.15, -0.1) is 0 Å². The van der Waals surface area contributed by atoms with Crippen molar-refractivity contribution in [3.05, 3.63) is 40.4 Å². The monoisotopic (exact) mass is 354 g/mol. The van der Waals surface area contributed by atoms with Crippen molar-refractivity contribution in [3.63, 3.8) is 0 Å². The molecule has 0 bridgehead atoms. The van der Waals surface area contributed by atoms with Crippen molar-refractivity contribution in [2.45, 2.75) is 32.8 Å². The molecule has 2 heterocycles. The molecular formula is C19H19ClN4O. The van der Waals surface area contributed by atoms with Crippen LogP contribution >= 0.6 is 11.6 Å². The Hall–Kier alpha value is -2.53. The van der Waals surface area contributed by atoms with Crippen molar-refractivity contribution < 1.29 is 4.74 Å². The summed E-state index contributed by atoms with van der Waals surface area (Å²) < 4.78 is 6.21. The Kier molecular flexibility index (Phi) is 3.34. The van der Waals surface area contributed by atoms with Crippen LogP contribution in [0.25, 0.3) is 22.0 Å². The van der Waals surface area contributed by atoms with Crippen LogP contribution in [0.15, 0.2) is 24.3 Å². The van der Waals surface area contributed by atoms with Crippen LogP contribution in [0.4, 0.5) is 11.8 Å². The number of nitrogen functional groups attached to an aromatic ring is 2. The van der Waals surface area contributed by atoms with E-state index in [1.165, 1.54) is 0 Å². The lowest BCUT2D eigenvalue weighted by Crippen LogP contribution is -2.24. The summed E-state index contributed by atoms with van der Waals surface area (Å²) in [5, 5.41) is 1.49. The minimum absolute atomic E-state index is 0.172. The predicted octanol–water partition coefficient (Wildman–Crippen LogP) is 4.14. The van der Waals surface area contributed by atoms with E-state index >= 15 is 0 Å². The molecule has 4 N–H and O–H groups in total. The Labute approximate surface area is 151 Å². The molecule has 3 aromatic rings. The highest BCUT2D eigenvalue weighted by Gasteiger charge is 2.33. The zero-order chi connectivity index (χ0) is 17.9. The second-order valence-corrected chi connectivity index (χ2v) is 7.52. The molecule has 1 aliphatic rings. The summed E-state index contributed by atoms with van der Waals surface area (Å²) >= 11 is 6.37. The number of halogens is 1. The predicted molar refractivity (Wildman–Crippen MR) is 102 cm³/mol. The van der Waals surface area contributed by atoms with Crippen molar-refractivity contribution >= 4 is 34.3 Å². The van der Waals surface area contributed by atoms with Crippen molar-refractivity contribution in [1.29, 1.82) is 0 Å². The highest BCUT2D eigenvalue weighted by Crippen LogP contribution is 2.45. The van der Waals surface area contributed by atoms with Gasteiger partial charge in [0.2, 0.25) is 5.95 Å². The van der Waals surface area contributed by atoms with Gasteiger partial charge in [-0.25, -0.2) is 4.98 Å². The van der Waals surface area contributed by atoms with Crippen molar-refractivity contribution in [3.8, 4) is 16.9 Å². The van der Waals surface area contributed by atoms with Crippen LogP contribution in [-0.4, -0.2) is 15.6 Å². The molecule has 6 heteroatoms. The Morgan fingerprint density at radius 3 is 2.64 bits per heavy atom. The molecule has 0 radical (unpaired) electrons. The number of aryl methyl sites for hydroxylation is 1. The van der Waals surface area contributed by atoms with Gasteiger partial charge in [-0.2, -0.15) is 4.98 Å². The van der Waals surface area contributed by atoms with Crippen molar-refractivity contribution in [2.75, 3.05) is 11.5 Å². The van der Waals surface area contributed by atoms with Crippen LogP contribution < -0.4 is 16.2 Å². The van der Waals surface area contributed by atoms with Gasteiger partial charge in [-0.3, -0.25) is 0 Å². The molecule has 0 atom stereocenters. The fourth-order valence-electron chi connectivity index (χ4n) is 3.61. The minimum Gasteiger partial charge on any atom is -0.487 e. The molecule has 0 unspecified atom stereocenters. The first kappa shape index (κ1) is 16.0. The summed E-state index contributed by atoms with van der Waals surface area (Å²) in [5.74, 6) is 1.43. The lowest BCUT2D eigenvalue weighted by molar-refractivity contribution is 0.139. The first-order chi connectivity index (χ1) is 11.7. The van der Waals surface area contributed by atoms with E-state index in [-0.39, 0.29) is 11.5 Å². The number of rotatable bonds is 1. The maximum Gasteiger partial charge on any atom is 0.222 e. The third-order valence-corrected chi connectivity index (χ3v) is 4.80. The molecular weight excluding hydrogens is 336 g/mol. The standard InChI is InChI=1S/C19H19ClN4O/c1-9-12(4-5-14-15(9)17(21)24-18(22)23-14)13-7-11(20)6-10-8-19(2,3)25-16(10)13/h4-7H,8H2,1-3H3,(H4,21,22,23,24). The van der Waals surface area contributed by atoms with E-state index in [0.29, 0.717) is 10.8 Å². The molecule has 128 valence electrons. The molecule has 4 rings (SSSR count). The minimum atomic E-state index is -0.247. The SMILES string of the molecule is Cc1c(-c2cc(Cl)cc3c2OC(C)(C)C3)ccc2nc(N)nc(N)c12. The molecule has 2 aromatic carbocycles. The maximum atomic E-state index is 6.37. The number of hydrogen-bond acceptors (Lipinski definition) is 5. The fourth-order valence-corrected chi connectivity index (χ4v) is 3.85. The zero-order valence-electron chi connectivity index (χ0n) is 14.4. The number of ether oxygens (including phenoxy) is 1. The van der Waals surface area contributed by atoms with Crippen LogP contribution in [0, 0.1) is 6.92 Å². The number of nitrogens with two attached hydrogens (primary N) is 2. The van der Waals surface area contributed by atoms with Crippen LogP contribution in [0.5, 0.6) is 5.75 Å². The van der Waals surface area contributed by atoms with Gasteiger partial charge >= 0.3 is 0 Å². The molecule has 5 nitrogen and oxygen atoms in total. The number of fused-ring (bicyclic) bond motifs is 2. The smallest absolute Gasteiger partial charge is 0.222 e. The normalized spacial score (nSPS) is 15.2. The molecule has 0 saturated carbocycles. The second-order valence-electron chi connectivity index (χ2n) is 7.08. The summed E-state index contributed by atoms with van der Waals surface area (Å²) in [6.45, 7) is 6.15. The largest absolute Gasteiger partial charge is 0.487 e. The van der Waals surface area contributed by atoms with Gasteiger partial charge in [0.1, 0.15) is 17.2 Å². The lowest BCUT2D eigenvalue weighted by atomic mass is 9.94. The van der Waals surface area contributed by atoms with E-state index in [1.807, 2.05) is 31.2 Å². The number of nitrogens with zero attached hydrogens (tertiary/aromatic N) is 2. The Morgan fingerprint density at radius 1 is 1.12 bits per heavy atom. The molecule has 0 saturated heterocycles. The van der Waals surface area contributed by atoms with E-state index in [1.54, 1.807) is 0 Å². The number of hydrogen-bond donors (Lipinski definition) is 2. The van der Waals surface area contributed by atoms with Crippen LogP contribution in [0.2, 0.25) is 5.02 Å². The Balaban J connectivity index is 2.00. The van der Waals surface area contributed by atoms with E-state index < -0.39 is 0 Å². The topological polar surface area (TPSA) is 87.0 Å². The van der Waals surface area contributed by atoms with E-state index in [4.69, 9.17) is 27.8 Å². The third-order valence-electron chi connectivity index (χ3n) is 4.58. The summed E-state index contributed by atoms with van der Waals surface area (Å²) in [6, 6.07) is 7.82. The third kappa shape index (κ3) is 2.55. The summed E-state index contributed by atoms with van der Waals surface area (Å²) in [5.41, 5.74) is 16.4. The summed E-state index contributed by atoms with van der Waals surface area (Å²) in [7, 11) is 0. The second kappa shape index (κ2) is 5.23. The molecule has 1 aromatic heterocycles. The number of aromatic nitrogens is 2. The van der Waals surface area contributed by atoms with Gasteiger partial charge in [0.15, 0.2) is 0 Å². The molecule has 0 fully saturated rings. The van der Waals surface area contributed by atoms with Crippen molar-refractivity contribution in [2.24, 2.45) is 0 Å². The first-order valence-electron chi connectivity index (χ1n) is 8.09. The Bertz CT molecular complexity index is 1030. The van der Waals surface area contributed by atoms with Crippen LogP contribution in [0.1, 0.15) is 25.0 Å². The molecule has 25 heavy (non-hydrogen) atoms. The quantitative estimate of drug-likeness (QED) is 0.685. The van der Waals surface area contributed by atoms with Crippen LogP contribution in [0.3, 0.4) is 0 Å². The number of benzene rings is 2. The average molecular weight is 355 g/mol. The molecule has 1 aliphatic heterocycles. The van der Waals surface area contributed by atoms with Gasteiger partial charge in [0.25, 0.3) is 0 Å². The van der Waals surface area contributed by atoms with E-state index in [9.17, 15) is 0 Å². The highest BCUT2D eigenvalue weighted by atomic mass is 35.5. The molecule has 0 amide bonds. The maximum absolute atomic E-state index is 6.37. The van der Waals surface area contributed by atoms with Gasteiger partial charge in [0, 0.05) is 28.0 Å². The lowest BCUT2D eigenvalue weighted by Gasteiger charge is -2.19. The van der Waals surface area contributed by atoms with Crippen LogP contribution in [-0.2, 0) is 6.42 Å². The van der Waals surface area contributed by atoms with E-state index in [0.717, 1.165) is 45.3 Å². The van der Waals surface area contributed by atoms with Gasteiger partial charge in [-0.05, 0) is 50.1 Å². The summed E-state index contributed by atoms with van der Waals surface area (Å²) in [6.07, 6.45) is 0.824. The van der Waals surface area contributed by atoms with Gasteiger partial charge in [-0.1, -0.05) is 17.7 Å². The Morgan fingerprint density at radius 2 is 1.88 bits per heavy atom. The first-order valence-corrected chi connectivity index (χ1v) is 8.47. The highest BCUT2D eigenvalue weighted by molar-refractivity contribution is 6.31. The average Bonchev–Trinajstić information content (AvgIpc) is 2.80. The zero-order valence-corrected chi connectivity index (χ0v) is 15.1. The fraction of sp³-hybridized carbons (Fsp3) is 0.263. The van der Waals surface area contributed by atoms with Gasteiger partial charge in [0.05, 0.1) is 5.52 Å².